The molecular formula is C16H19NNa2O6S. The van der Waals surface area contributed by atoms with Crippen molar-refractivity contribution in [3.05, 3.63) is 29.8 Å². The van der Waals surface area contributed by atoms with Gasteiger partial charge < -0.3 is 24.5 Å². The zero-order chi connectivity index (χ0) is 18.1. The minimum Gasteiger partial charge on any atom is -0.748 e. The standard InChI is InChI=1S/C16H21NO6S.2Na/c1-16(2)9-11(10-24(21,22)23)13-6-5-12(18)8-14(13)17(16)7-3-4-15(19)20;;/h5-6,8-9,18H,3-4,7,10H2,1-2H3,(H,19,20)(H,21,22,23);;/q;2*+1/p-2. The molecule has 0 spiro atoms. The van der Waals surface area contributed by atoms with E-state index in [0.29, 0.717) is 29.8 Å². The molecule has 0 aromatic heterocycles. The number of carboxylic acid groups (broad SMARTS) is 1. The van der Waals surface area contributed by atoms with Crippen molar-refractivity contribution in [1.82, 2.24) is 0 Å². The van der Waals surface area contributed by atoms with Crippen LogP contribution in [-0.4, -0.2) is 41.9 Å². The van der Waals surface area contributed by atoms with Crippen molar-refractivity contribution < 1.29 is 87.1 Å². The van der Waals surface area contributed by atoms with E-state index in [1.807, 2.05) is 18.7 Å². The fourth-order valence-corrected chi connectivity index (χ4v) is 3.63. The average molecular weight is 399 g/mol. The van der Waals surface area contributed by atoms with Gasteiger partial charge in [0.25, 0.3) is 0 Å². The number of aliphatic carboxylic acids is 1. The maximum atomic E-state index is 11.2. The molecule has 1 aliphatic rings. The molecule has 1 heterocycles. The van der Waals surface area contributed by atoms with Crippen LogP contribution in [0.2, 0.25) is 0 Å². The summed E-state index contributed by atoms with van der Waals surface area (Å²) in [6, 6.07) is 4.46. The van der Waals surface area contributed by atoms with Crippen molar-refractivity contribution in [2.45, 2.75) is 32.2 Å². The maximum absolute atomic E-state index is 11.2. The third-order valence-corrected chi connectivity index (χ3v) is 4.60. The molecule has 0 atom stereocenters. The Morgan fingerprint density at radius 2 is 1.88 bits per heavy atom. The minimum absolute atomic E-state index is 0. The molecule has 132 valence electrons. The quantitative estimate of drug-likeness (QED) is 0.374. The summed E-state index contributed by atoms with van der Waals surface area (Å²) in [5.41, 5.74) is 0.841. The first-order valence-corrected chi connectivity index (χ1v) is 9.03. The van der Waals surface area contributed by atoms with Crippen LogP contribution in [0.25, 0.3) is 5.57 Å². The number of phenols is 1. The Kier molecular flexibility index (Phi) is 9.91. The van der Waals surface area contributed by atoms with Crippen LogP contribution in [0, 0.1) is 0 Å². The van der Waals surface area contributed by atoms with Crippen LogP contribution < -0.4 is 69.1 Å². The van der Waals surface area contributed by atoms with E-state index in [0.717, 1.165) is 0 Å². The summed E-state index contributed by atoms with van der Waals surface area (Å²) < 4.78 is 33.6. The Hall–Kier alpha value is -0.0600. The number of rotatable bonds is 6. The fraction of sp³-hybridized carbons (Fsp3) is 0.438. The minimum atomic E-state index is -4.46. The van der Waals surface area contributed by atoms with E-state index in [-0.39, 0.29) is 71.3 Å². The first-order chi connectivity index (χ1) is 11.0. The van der Waals surface area contributed by atoms with Gasteiger partial charge in [0.15, 0.2) is 0 Å². The van der Waals surface area contributed by atoms with Gasteiger partial charge in [0.2, 0.25) is 0 Å². The molecule has 0 saturated heterocycles. The van der Waals surface area contributed by atoms with Crippen molar-refractivity contribution in [3.8, 4) is 5.75 Å². The molecule has 0 amide bonds. The van der Waals surface area contributed by atoms with E-state index in [2.05, 4.69) is 0 Å². The van der Waals surface area contributed by atoms with Crippen LogP contribution in [0.1, 0.15) is 32.3 Å². The van der Waals surface area contributed by atoms with E-state index in [4.69, 9.17) is 0 Å². The third kappa shape index (κ3) is 6.83. The molecule has 1 N–H and O–H groups in total. The summed E-state index contributed by atoms with van der Waals surface area (Å²) in [4.78, 5) is 12.5. The van der Waals surface area contributed by atoms with Gasteiger partial charge >= 0.3 is 59.1 Å². The Bertz CT molecular complexity index is 792. The number of carboxylic acids is 1. The number of benzene rings is 1. The van der Waals surface area contributed by atoms with Gasteiger partial charge in [-0.25, -0.2) is 8.42 Å². The number of hydrogen-bond acceptors (Lipinski definition) is 7. The molecule has 1 aliphatic heterocycles. The first kappa shape index (κ1) is 25.9. The SMILES string of the molecule is CC1(C)C=C(CS(=O)(=O)[O-])c2ccc(O)cc2N1CCCC(=O)[O-].[Na+].[Na+]. The fourth-order valence-electron chi connectivity index (χ4n) is 3.01. The Balaban J connectivity index is 0.00000312. The van der Waals surface area contributed by atoms with Crippen molar-refractivity contribution in [2.24, 2.45) is 0 Å². The van der Waals surface area contributed by atoms with E-state index in [9.17, 15) is 28.0 Å². The Labute approximate surface area is 197 Å². The zero-order valence-electron chi connectivity index (χ0n) is 15.5. The first-order valence-electron chi connectivity index (χ1n) is 7.46. The number of nitrogens with zero attached hydrogens (tertiary/aromatic N) is 1. The molecule has 0 unspecified atom stereocenters. The molecule has 0 fully saturated rings. The van der Waals surface area contributed by atoms with Gasteiger partial charge in [0.1, 0.15) is 5.75 Å². The largest absolute Gasteiger partial charge is 1.00 e. The van der Waals surface area contributed by atoms with E-state index >= 15 is 0 Å². The van der Waals surface area contributed by atoms with Crippen LogP contribution in [0.5, 0.6) is 5.75 Å². The van der Waals surface area contributed by atoms with Gasteiger partial charge in [0.05, 0.1) is 21.4 Å². The summed E-state index contributed by atoms with van der Waals surface area (Å²) >= 11 is 0. The molecule has 2 rings (SSSR count). The van der Waals surface area contributed by atoms with Crippen molar-refractivity contribution >= 4 is 27.3 Å². The van der Waals surface area contributed by atoms with Crippen LogP contribution in [0.4, 0.5) is 5.69 Å². The summed E-state index contributed by atoms with van der Waals surface area (Å²) in [5.74, 6) is -1.78. The van der Waals surface area contributed by atoms with Gasteiger partial charge in [-0.15, -0.1) is 0 Å². The number of phenolic OH excluding ortho intramolecular Hbond substituents is 1. The predicted octanol–water partition coefficient (Wildman–Crippen LogP) is -5.54. The molecule has 0 bridgehead atoms. The van der Waals surface area contributed by atoms with Gasteiger partial charge in [-0.1, -0.05) is 6.08 Å². The smallest absolute Gasteiger partial charge is 0.748 e. The molecule has 1 aromatic carbocycles. The van der Waals surface area contributed by atoms with E-state index < -0.39 is 27.4 Å². The van der Waals surface area contributed by atoms with Gasteiger partial charge in [-0.3, -0.25) is 0 Å². The average Bonchev–Trinajstić information content (AvgIpc) is 2.39. The molecule has 1 aromatic rings. The zero-order valence-corrected chi connectivity index (χ0v) is 20.3. The predicted molar refractivity (Wildman–Crippen MR) is 86.3 cm³/mol. The second kappa shape index (κ2) is 9.93. The Morgan fingerprint density at radius 3 is 2.42 bits per heavy atom. The van der Waals surface area contributed by atoms with Crippen LogP contribution in [0.3, 0.4) is 0 Å². The van der Waals surface area contributed by atoms with Crippen LogP contribution >= 0.6 is 0 Å². The topological polar surface area (TPSA) is 121 Å². The maximum Gasteiger partial charge on any atom is 1.00 e. The van der Waals surface area contributed by atoms with Crippen molar-refractivity contribution in [1.29, 1.82) is 0 Å². The summed E-state index contributed by atoms with van der Waals surface area (Å²) in [5, 5.41) is 20.4. The number of aromatic hydroxyl groups is 1. The second-order valence-corrected chi connectivity index (χ2v) is 7.76. The number of fused-ring (bicyclic) bond motifs is 1. The number of hydrogen-bond donors (Lipinski definition) is 1. The summed E-state index contributed by atoms with van der Waals surface area (Å²) in [7, 11) is -4.46. The monoisotopic (exact) mass is 399 g/mol. The normalized spacial score (nSPS) is 15.2. The van der Waals surface area contributed by atoms with Crippen LogP contribution in [0.15, 0.2) is 24.3 Å². The summed E-state index contributed by atoms with van der Waals surface area (Å²) in [6.45, 7) is 4.04. The van der Waals surface area contributed by atoms with Crippen molar-refractivity contribution in [2.75, 3.05) is 17.2 Å². The molecule has 0 saturated carbocycles. The number of carbonyl (C=O) groups excluding carboxylic acids is 1. The molecule has 26 heavy (non-hydrogen) atoms. The van der Waals surface area contributed by atoms with Gasteiger partial charge in [-0.2, -0.15) is 0 Å². The number of carbonyl (C=O) groups is 1. The van der Waals surface area contributed by atoms with Crippen LogP contribution in [-0.2, 0) is 14.9 Å². The van der Waals surface area contributed by atoms with Gasteiger partial charge in [-0.05, 0) is 44.4 Å². The van der Waals surface area contributed by atoms with E-state index in [1.165, 1.54) is 12.1 Å². The summed E-state index contributed by atoms with van der Waals surface area (Å²) in [6.07, 6.45) is 1.93. The van der Waals surface area contributed by atoms with Gasteiger partial charge in [0, 0.05) is 29.8 Å². The molecule has 0 aliphatic carbocycles. The van der Waals surface area contributed by atoms with E-state index in [1.54, 1.807) is 12.1 Å². The molecular weight excluding hydrogens is 380 g/mol. The second-order valence-electron chi connectivity index (χ2n) is 6.35. The third-order valence-electron chi connectivity index (χ3n) is 3.94. The molecule has 7 nitrogen and oxygen atoms in total. The van der Waals surface area contributed by atoms with Crippen molar-refractivity contribution in [3.63, 3.8) is 0 Å². The molecule has 10 heteroatoms. The Morgan fingerprint density at radius 1 is 1.27 bits per heavy atom. The molecule has 0 radical (unpaired) electrons. The number of anilines is 1.